The molecule has 0 spiro atoms. The molecule has 1 unspecified atom stereocenters. The molecular weight excluding hydrogens is 139 g/mol. The highest BCUT2D eigenvalue weighted by Crippen LogP contribution is 2.17. The van der Waals surface area contributed by atoms with Crippen LogP contribution in [0.5, 0.6) is 0 Å². The fourth-order valence-electron chi connectivity index (χ4n) is 1.11. The smallest absolute Gasteiger partial charge is 0.0900 e. The summed E-state index contributed by atoms with van der Waals surface area (Å²) in [6.07, 6.45) is 0.629. The first-order valence-corrected chi connectivity index (χ1v) is 3.95. The third-order valence-corrected chi connectivity index (χ3v) is 1.91. The summed E-state index contributed by atoms with van der Waals surface area (Å²) in [5, 5.41) is 0. The summed E-state index contributed by atoms with van der Waals surface area (Å²) >= 11 is 0. The van der Waals surface area contributed by atoms with Crippen molar-refractivity contribution in [1.29, 1.82) is 0 Å². The minimum atomic E-state index is -0.226. The predicted molar refractivity (Wildman–Crippen MR) is 45.4 cm³/mol. The molecule has 0 heterocycles. The van der Waals surface area contributed by atoms with Crippen molar-refractivity contribution >= 4 is 0 Å². The molecule has 0 amide bonds. The highest BCUT2D eigenvalue weighted by Gasteiger charge is 2.02. The van der Waals surface area contributed by atoms with Crippen LogP contribution in [0.25, 0.3) is 0 Å². The molecule has 0 fully saturated rings. The van der Waals surface area contributed by atoms with E-state index in [0.29, 0.717) is 12.3 Å². The number of benzene rings is 1. The van der Waals surface area contributed by atoms with Crippen LogP contribution in [-0.4, -0.2) is 6.67 Å². The zero-order chi connectivity index (χ0) is 8.10. The maximum absolute atomic E-state index is 11.9. The molecule has 0 aliphatic rings. The van der Waals surface area contributed by atoms with Gasteiger partial charge in [0.2, 0.25) is 0 Å². The molecule has 0 aromatic heterocycles. The lowest BCUT2D eigenvalue weighted by molar-refractivity contribution is 0.448. The van der Waals surface area contributed by atoms with Crippen LogP contribution in [-0.2, 0) is 0 Å². The second-order valence-corrected chi connectivity index (χ2v) is 2.79. The van der Waals surface area contributed by atoms with Crippen LogP contribution in [0.4, 0.5) is 4.39 Å². The van der Waals surface area contributed by atoms with E-state index in [1.54, 1.807) is 0 Å². The zero-order valence-corrected chi connectivity index (χ0v) is 6.76. The second-order valence-electron chi connectivity index (χ2n) is 2.79. The van der Waals surface area contributed by atoms with Crippen molar-refractivity contribution in [3.8, 4) is 0 Å². The van der Waals surface area contributed by atoms with Gasteiger partial charge in [0.05, 0.1) is 6.67 Å². The van der Waals surface area contributed by atoms with Gasteiger partial charge in [0.25, 0.3) is 0 Å². The van der Waals surface area contributed by atoms with E-state index in [1.165, 1.54) is 5.56 Å². The lowest BCUT2D eigenvalue weighted by atomic mass is 9.99. The lowest BCUT2D eigenvalue weighted by Crippen LogP contribution is -1.93. The Hall–Kier alpha value is -0.850. The SMILES string of the molecule is CC(CCF)c1ccccc1. The van der Waals surface area contributed by atoms with Crippen LogP contribution in [0.1, 0.15) is 24.8 Å². The number of halogens is 1. The van der Waals surface area contributed by atoms with Crippen molar-refractivity contribution in [1.82, 2.24) is 0 Å². The van der Waals surface area contributed by atoms with Crippen LogP contribution >= 0.6 is 0 Å². The Morgan fingerprint density at radius 1 is 1.27 bits per heavy atom. The standard InChI is InChI=1S/C10H13F/c1-9(7-8-11)10-5-3-2-4-6-10/h2-6,9H,7-8H2,1H3. The number of alkyl halides is 1. The van der Waals surface area contributed by atoms with E-state index < -0.39 is 0 Å². The average Bonchev–Trinajstić information content (AvgIpc) is 2.07. The summed E-state index contributed by atoms with van der Waals surface area (Å²) in [4.78, 5) is 0. The fourth-order valence-corrected chi connectivity index (χ4v) is 1.11. The summed E-state index contributed by atoms with van der Waals surface area (Å²) in [6, 6.07) is 10.0. The molecule has 0 bridgehead atoms. The van der Waals surface area contributed by atoms with Crippen LogP contribution in [0.3, 0.4) is 0 Å². The van der Waals surface area contributed by atoms with Gasteiger partial charge >= 0.3 is 0 Å². The van der Waals surface area contributed by atoms with Gasteiger partial charge in [0.1, 0.15) is 0 Å². The average molecular weight is 152 g/mol. The summed E-state index contributed by atoms with van der Waals surface area (Å²) in [5.41, 5.74) is 1.23. The van der Waals surface area contributed by atoms with Gasteiger partial charge in [0.15, 0.2) is 0 Å². The van der Waals surface area contributed by atoms with Crippen LogP contribution in [0.2, 0.25) is 0 Å². The monoisotopic (exact) mass is 152 g/mol. The van der Waals surface area contributed by atoms with Crippen LogP contribution in [0, 0.1) is 0 Å². The molecule has 1 rings (SSSR count). The Labute approximate surface area is 67.1 Å². The summed E-state index contributed by atoms with van der Waals surface area (Å²) in [6.45, 7) is 1.82. The van der Waals surface area contributed by atoms with Crippen molar-refractivity contribution in [3.05, 3.63) is 35.9 Å². The van der Waals surface area contributed by atoms with Crippen molar-refractivity contribution in [2.24, 2.45) is 0 Å². The van der Waals surface area contributed by atoms with Gasteiger partial charge < -0.3 is 0 Å². The molecule has 0 N–H and O–H groups in total. The number of rotatable bonds is 3. The van der Waals surface area contributed by atoms with Crippen LogP contribution < -0.4 is 0 Å². The third-order valence-electron chi connectivity index (χ3n) is 1.91. The fraction of sp³-hybridized carbons (Fsp3) is 0.400. The van der Waals surface area contributed by atoms with Crippen molar-refractivity contribution in [3.63, 3.8) is 0 Å². The maximum Gasteiger partial charge on any atom is 0.0900 e. The molecule has 1 aromatic rings. The second kappa shape index (κ2) is 4.12. The highest BCUT2D eigenvalue weighted by molar-refractivity contribution is 5.18. The first kappa shape index (κ1) is 8.25. The van der Waals surface area contributed by atoms with Gasteiger partial charge in [0, 0.05) is 0 Å². The normalized spacial score (nSPS) is 12.9. The first-order valence-electron chi connectivity index (χ1n) is 3.95. The molecule has 0 nitrogen and oxygen atoms in total. The maximum atomic E-state index is 11.9. The summed E-state index contributed by atoms with van der Waals surface area (Å²) in [5.74, 6) is 0.348. The molecule has 0 aliphatic heterocycles. The topological polar surface area (TPSA) is 0 Å². The summed E-state index contributed by atoms with van der Waals surface area (Å²) < 4.78 is 11.9. The zero-order valence-electron chi connectivity index (χ0n) is 6.76. The molecule has 1 aromatic carbocycles. The van der Waals surface area contributed by atoms with Gasteiger partial charge in [-0.25, -0.2) is 0 Å². The Bertz CT molecular complexity index is 193. The van der Waals surface area contributed by atoms with Gasteiger partial charge in [-0.3, -0.25) is 4.39 Å². The van der Waals surface area contributed by atoms with Crippen molar-refractivity contribution in [2.75, 3.05) is 6.67 Å². The van der Waals surface area contributed by atoms with E-state index in [0.717, 1.165) is 0 Å². The Balaban J connectivity index is 2.61. The van der Waals surface area contributed by atoms with E-state index in [-0.39, 0.29) is 6.67 Å². The minimum absolute atomic E-state index is 0.226. The van der Waals surface area contributed by atoms with Gasteiger partial charge in [-0.15, -0.1) is 0 Å². The third kappa shape index (κ3) is 2.34. The summed E-state index contributed by atoms with van der Waals surface area (Å²) in [7, 11) is 0. The van der Waals surface area contributed by atoms with E-state index in [2.05, 4.69) is 6.92 Å². The predicted octanol–water partition coefficient (Wildman–Crippen LogP) is 3.15. The number of hydrogen-bond donors (Lipinski definition) is 0. The van der Waals surface area contributed by atoms with Gasteiger partial charge in [-0.2, -0.15) is 0 Å². The quantitative estimate of drug-likeness (QED) is 0.624. The molecule has 1 atom stereocenters. The van der Waals surface area contributed by atoms with Crippen molar-refractivity contribution in [2.45, 2.75) is 19.3 Å². The molecule has 0 aliphatic carbocycles. The van der Waals surface area contributed by atoms with Crippen molar-refractivity contribution < 1.29 is 4.39 Å². The van der Waals surface area contributed by atoms with E-state index >= 15 is 0 Å². The molecule has 0 saturated carbocycles. The lowest BCUT2D eigenvalue weighted by Gasteiger charge is -2.07. The van der Waals surface area contributed by atoms with Crippen LogP contribution in [0.15, 0.2) is 30.3 Å². The van der Waals surface area contributed by atoms with E-state index in [9.17, 15) is 4.39 Å². The number of hydrogen-bond acceptors (Lipinski definition) is 0. The van der Waals surface area contributed by atoms with E-state index in [1.807, 2.05) is 30.3 Å². The molecule has 1 heteroatoms. The molecule has 0 radical (unpaired) electrons. The molecular formula is C10H13F. The molecule has 60 valence electrons. The molecule has 11 heavy (non-hydrogen) atoms. The van der Waals surface area contributed by atoms with E-state index in [4.69, 9.17) is 0 Å². The van der Waals surface area contributed by atoms with Gasteiger partial charge in [-0.1, -0.05) is 37.3 Å². The van der Waals surface area contributed by atoms with Gasteiger partial charge in [-0.05, 0) is 17.9 Å². The first-order chi connectivity index (χ1) is 5.34. The minimum Gasteiger partial charge on any atom is -0.251 e. The largest absolute Gasteiger partial charge is 0.251 e. The Morgan fingerprint density at radius 3 is 2.45 bits per heavy atom. The molecule has 0 saturated heterocycles. The highest BCUT2D eigenvalue weighted by atomic mass is 19.1. The Kier molecular flexibility index (Phi) is 3.09. The Morgan fingerprint density at radius 2 is 1.91 bits per heavy atom.